The number of piperidine rings is 1. The van der Waals surface area contributed by atoms with Gasteiger partial charge in [0.05, 0.1) is 0 Å². The lowest BCUT2D eigenvalue weighted by molar-refractivity contribution is 0.180. The molecule has 0 bridgehead atoms. The molecule has 5 heteroatoms. The molecule has 1 saturated heterocycles. The van der Waals surface area contributed by atoms with Crippen LogP contribution in [0.25, 0.3) is 0 Å². The van der Waals surface area contributed by atoms with Gasteiger partial charge in [-0.3, -0.25) is 0 Å². The first-order chi connectivity index (χ1) is 7.81. The van der Waals surface area contributed by atoms with Gasteiger partial charge in [-0.2, -0.15) is 4.98 Å². The minimum Gasteiger partial charge on any atom is -0.387 e. The lowest BCUT2D eigenvalue weighted by atomic mass is 9.94. The van der Waals surface area contributed by atoms with Crippen molar-refractivity contribution in [1.82, 2.24) is 15.0 Å². The fourth-order valence-electron chi connectivity index (χ4n) is 2.30. The van der Waals surface area contributed by atoms with Crippen molar-refractivity contribution in [2.75, 3.05) is 19.6 Å². The molecule has 0 aromatic carbocycles. The third-order valence-electron chi connectivity index (χ3n) is 3.17. The molecule has 16 heavy (non-hydrogen) atoms. The van der Waals surface area contributed by atoms with Crippen LogP contribution in [0, 0.1) is 5.92 Å². The molecule has 0 spiro atoms. The van der Waals surface area contributed by atoms with Gasteiger partial charge in [-0.1, -0.05) is 12.1 Å². The van der Waals surface area contributed by atoms with E-state index in [2.05, 4.69) is 22.0 Å². The molecule has 1 aliphatic rings. The van der Waals surface area contributed by atoms with E-state index < -0.39 is 0 Å². The predicted octanol–water partition coefficient (Wildman–Crippen LogP) is 0.836. The molecule has 2 rings (SSSR count). The van der Waals surface area contributed by atoms with Gasteiger partial charge in [0.1, 0.15) is 6.61 Å². The van der Waals surface area contributed by atoms with Crippen molar-refractivity contribution in [2.45, 2.75) is 32.8 Å². The Bertz CT molecular complexity index is 327. The van der Waals surface area contributed by atoms with Crippen LogP contribution in [0.3, 0.4) is 0 Å². The largest absolute Gasteiger partial charge is 0.387 e. The second kappa shape index (κ2) is 5.41. The molecule has 0 amide bonds. The number of hydrogen-bond acceptors (Lipinski definition) is 5. The van der Waals surface area contributed by atoms with Crippen molar-refractivity contribution in [3.63, 3.8) is 0 Å². The molecule has 0 aliphatic carbocycles. The first kappa shape index (κ1) is 11.5. The second-order valence-corrected chi connectivity index (χ2v) is 4.37. The summed E-state index contributed by atoms with van der Waals surface area (Å²) in [6.45, 7) is 5.48. The molecule has 2 heterocycles. The molecule has 1 aromatic rings. The van der Waals surface area contributed by atoms with E-state index in [0.717, 1.165) is 25.3 Å². The highest BCUT2D eigenvalue weighted by molar-refractivity contribution is 4.89. The van der Waals surface area contributed by atoms with Crippen LogP contribution in [0.5, 0.6) is 0 Å². The molecule has 1 N–H and O–H groups in total. The van der Waals surface area contributed by atoms with Gasteiger partial charge in [-0.25, -0.2) is 0 Å². The van der Waals surface area contributed by atoms with E-state index in [-0.39, 0.29) is 6.61 Å². The number of nitrogens with zero attached hydrogens (tertiary/aromatic N) is 3. The summed E-state index contributed by atoms with van der Waals surface area (Å²) in [5.74, 6) is 1.67. The van der Waals surface area contributed by atoms with Crippen LogP contribution in [-0.2, 0) is 13.0 Å². The van der Waals surface area contributed by atoms with E-state index in [0.29, 0.717) is 11.8 Å². The Morgan fingerprint density at radius 3 is 3.12 bits per heavy atom. The number of aromatic nitrogens is 2. The van der Waals surface area contributed by atoms with E-state index in [1.807, 2.05) is 0 Å². The Morgan fingerprint density at radius 1 is 1.56 bits per heavy atom. The Balaban J connectivity index is 1.88. The number of rotatable bonds is 4. The average molecular weight is 225 g/mol. The third-order valence-corrected chi connectivity index (χ3v) is 3.17. The summed E-state index contributed by atoms with van der Waals surface area (Å²) in [4.78, 5) is 6.59. The zero-order chi connectivity index (χ0) is 11.4. The second-order valence-electron chi connectivity index (χ2n) is 4.37. The lowest BCUT2D eigenvalue weighted by Gasteiger charge is -2.31. The fraction of sp³-hybridized carbons (Fsp3) is 0.818. The fourth-order valence-corrected chi connectivity index (χ4v) is 2.30. The van der Waals surface area contributed by atoms with Gasteiger partial charge in [-0.05, 0) is 31.8 Å². The first-order valence-electron chi connectivity index (χ1n) is 5.96. The highest BCUT2D eigenvalue weighted by atomic mass is 16.5. The number of aliphatic hydroxyl groups excluding tert-OH is 1. The SMILES string of the molecule is CCN1CCCC(Cc2noc(CO)n2)C1. The summed E-state index contributed by atoms with van der Waals surface area (Å²) >= 11 is 0. The van der Waals surface area contributed by atoms with Gasteiger partial charge in [-0.15, -0.1) is 0 Å². The average Bonchev–Trinajstić information content (AvgIpc) is 2.77. The van der Waals surface area contributed by atoms with Crippen molar-refractivity contribution < 1.29 is 9.63 Å². The summed E-state index contributed by atoms with van der Waals surface area (Å²) in [5, 5.41) is 12.7. The molecular formula is C11H19N3O2. The van der Waals surface area contributed by atoms with Gasteiger partial charge >= 0.3 is 0 Å². The van der Waals surface area contributed by atoms with E-state index in [1.165, 1.54) is 19.4 Å². The van der Waals surface area contributed by atoms with Crippen LogP contribution < -0.4 is 0 Å². The lowest BCUT2D eigenvalue weighted by Crippen LogP contribution is -2.36. The van der Waals surface area contributed by atoms with E-state index in [9.17, 15) is 0 Å². The molecule has 1 atom stereocenters. The minimum atomic E-state index is -0.168. The summed E-state index contributed by atoms with van der Waals surface area (Å²) in [7, 11) is 0. The normalized spacial score (nSPS) is 22.5. The zero-order valence-electron chi connectivity index (χ0n) is 9.72. The van der Waals surface area contributed by atoms with E-state index in [1.54, 1.807) is 0 Å². The van der Waals surface area contributed by atoms with E-state index in [4.69, 9.17) is 9.63 Å². The van der Waals surface area contributed by atoms with Crippen LogP contribution in [0.2, 0.25) is 0 Å². The minimum absolute atomic E-state index is 0.168. The molecular weight excluding hydrogens is 206 g/mol. The van der Waals surface area contributed by atoms with Crippen LogP contribution in [0.15, 0.2) is 4.52 Å². The molecule has 5 nitrogen and oxygen atoms in total. The van der Waals surface area contributed by atoms with Gasteiger partial charge in [0.15, 0.2) is 5.82 Å². The third kappa shape index (κ3) is 2.80. The first-order valence-corrected chi connectivity index (χ1v) is 5.96. The van der Waals surface area contributed by atoms with Crippen LogP contribution in [-0.4, -0.2) is 39.8 Å². The van der Waals surface area contributed by atoms with Crippen molar-refractivity contribution in [3.8, 4) is 0 Å². The molecule has 1 aromatic heterocycles. The molecule has 1 unspecified atom stereocenters. The topological polar surface area (TPSA) is 62.4 Å². The molecule has 1 aliphatic heterocycles. The number of likely N-dealkylation sites (tertiary alicyclic amines) is 1. The Kier molecular flexibility index (Phi) is 3.90. The maximum atomic E-state index is 8.83. The summed E-state index contributed by atoms with van der Waals surface area (Å²) in [6.07, 6.45) is 3.35. The zero-order valence-corrected chi connectivity index (χ0v) is 9.72. The Hall–Kier alpha value is -0.940. The van der Waals surface area contributed by atoms with E-state index >= 15 is 0 Å². The van der Waals surface area contributed by atoms with Gasteiger partial charge in [0.2, 0.25) is 0 Å². The van der Waals surface area contributed by atoms with Gasteiger partial charge < -0.3 is 14.5 Å². The number of hydrogen-bond donors (Lipinski definition) is 1. The van der Waals surface area contributed by atoms with Gasteiger partial charge in [0, 0.05) is 13.0 Å². The van der Waals surface area contributed by atoms with Crippen molar-refractivity contribution in [1.29, 1.82) is 0 Å². The quantitative estimate of drug-likeness (QED) is 0.822. The van der Waals surface area contributed by atoms with Crippen molar-refractivity contribution in [3.05, 3.63) is 11.7 Å². The van der Waals surface area contributed by atoms with Crippen molar-refractivity contribution >= 4 is 0 Å². The predicted molar refractivity (Wildman–Crippen MR) is 58.8 cm³/mol. The maximum Gasteiger partial charge on any atom is 0.252 e. The van der Waals surface area contributed by atoms with Crippen molar-refractivity contribution in [2.24, 2.45) is 5.92 Å². The summed E-state index contributed by atoms with van der Waals surface area (Å²) < 4.78 is 4.88. The smallest absolute Gasteiger partial charge is 0.252 e. The Morgan fingerprint density at radius 2 is 2.44 bits per heavy atom. The molecule has 1 fully saturated rings. The molecule has 0 saturated carbocycles. The monoisotopic (exact) mass is 225 g/mol. The highest BCUT2D eigenvalue weighted by Gasteiger charge is 2.20. The molecule has 90 valence electrons. The summed E-state index contributed by atoms with van der Waals surface area (Å²) in [6, 6.07) is 0. The Labute approximate surface area is 95.4 Å². The highest BCUT2D eigenvalue weighted by Crippen LogP contribution is 2.19. The standard InChI is InChI=1S/C11H19N3O2/c1-2-14-5-3-4-9(7-14)6-10-12-11(8-15)16-13-10/h9,15H,2-8H2,1H3. The summed E-state index contributed by atoms with van der Waals surface area (Å²) in [5.41, 5.74) is 0. The van der Waals surface area contributed by atoms with Crippen LogP contribution in [0.1, 0.15) is 31.5 Å². The van der Waals surface area contributed by atoms with Gasteiger partial charge in [0.25, 0.3) is 5.89 Å². The maximum absolute atomic E-state index is 8.83. The number of aliphatic hydroxyl groups is 1. The van der Waals surface area contributed by atoms with Crippen LogP contribution >= 0.6 is 0 Å². The van der Waals surface area contributed by atoms with Crippen LogP contribution in [0.4, 0.5) is 0 Å². The molecule has 0 radical (unpaired) electrons.